The molecule has 154 valence electrons. The summed E-state index contributed by atoms with van der Waals surface area (Å²) in [5.41, 5.74) is 3.09. The van der Waals surface area contributed by atoms with Gasteiger partial charge in [-0.1, -0.05) is 28.9 Å². The first-order chi connectivity index (χ1) is 14.2. The summed E-state index contributed by atoms with van der Waals surface area (Å²) in [6.07, 6.45) is 1.30. The van der Waals surface area contributed by atoms with Crippen LogP contribution in [0.4, 0.5) is 0 Å². The van der Waals surface area contributed by atoms with Crippen molar-refractivity contribution < 1.29 is 23.8 Å². The Labute approximate surface area is 174 Å². The predicted molar refractivity (Wildman–Crippen MR) is 109 cm³/mol. The lowest BCUT2D eigenvalue weighted by molar-refractivity contribution is 0.0853. The van der Waals surface area contributed by atoms with Crippen molar-refractivity contribution >= 4 is 17.3 Å². The van der Waals surface area contributed by atoms with Gasteiger partial charge in [-0.3, -0.25) is 0 Å². The van der Waals surface area contributed by atoms with E-state index in [-0.39, 0.29) is 12.9 Å². The second-order valence-electron chi connectivity index (χ2n) is 6.86. The molecule has 0 bridgehead atoms. The molecule has 7 nitrogen and oxygen atoms in total. The lowest BCUT2D eigenvalue weighted by Crippen LogP contribution is -2.23. The van der Waals surface area contributed by atoms with Crippen LogP contribution in [-0.4, -0.2) is 39.4 Å². The molecule has 0 saturated heterocycles. The van der Waals surface area contributed by atoms with Crippen LogP contribution >= 0.6 is 11.6 Å². The number of hydrogen-bond donors (Lipinski definition) is 1. The highest BCUT2D eigenvalue weighted by Crippen LogP contribution is 2.49. The van der Waals surface area contributed by atoms with Gasteiger partial charge in [0.1, 0.15) is 6.10 Å². The molecule has 8 heteroatoms. The van der Waals surface area contributed by atoms with Gasteiger partial charge < -0.3 is 29.1 Å². The summed E-state index contributed by atoms with van der Waals surface area (Å²) in [5, 5.41) is 8.36. The Kier molecular flexibility index (Phi) is 5.97. The summed E-state index contributed by atoms with van der Waals surface area (Å²) in [4.78, 5) is 5.64. The molecule has 0 aromatic heterocycles. The van der Waals surface area contributed by atoms with Crippen LogP contribution in [0.25, 0.3) is 0 Å². The minimum Gasteiger partial charge on any atom is -0.493 e. The van der Waals surface area contributed by atoms with Crippen LogP contribution in [0.15, 0.2) is 35.5 Å². The highest BCUT2D eigenvalue weighted by Gasteiger charge is 2.30. The number of nitrogens with one attached hydrogen (secondary N) is 1. The zero-order valence-electron chi connectivity index (χ0n) is 16.4. The molecule has 2 aliphatic heterocycles. The number of nitrogens with zero attached hydrogens (tertiary/aromatic N) is 1. The van der Waals surface area contributed by atoms with E-state index in [9.17, 15) is 0 Å². The Morgan fingerprint density at radius 3 is 2.66 bits per heavy atom. The van der Waals surface area contributed by atoms with E-state index in [1.165, 1.54) is 5.56 Å². The van der Waals surface area contributed by atoms with Crippen LogP contribution in [0.2, 0.25) is 5.02 Å². The zero-order chi connectivity index (χ0) is 20.2. The molecule has 0 radical (unpaired) electrons. The topological polar surface area (TPSA) is 70.5 Å². The smallest absolute Gasteiger partial charge is 0.231 e. The van der Waals surface area contributed by atoms with Crippen molar-refractivity contribution in [2.75, 3.05) is 27.6 Å². The van der Waals surface area contributed by atoms with Gasteiger partial charge >= 0.3 is 0 Å². The summed E-state index contributed by atoms with van der Waals surface area (Å²) in [6.45, 7) is 1.56. The largest absolute Gasteiger partial charge is 0.493 e. The molecule has 0 fully saturated rings. The summed E-state index contributed by atoms with van der Waals surface area (Å²) >= 11 is 5.92. The number of methoxy groups -OCH3 is 2. The molecule has 0 aliphatic carbocycles. The lowest BCUT2D eigenvalue weighted by Gasteiger charge is -2.15. The van der Waals surface area contributed by atoms with Gasteiger partial charge in [0.15, 0.2) is 11.5 Å². The second-order valence-corrected chi connectivity index (χ2v) is 7.30. The number of oxime groups is 1. The van der Waals surface area contributed by atoms with Gasteiger partial charge in [-0.25, -0.2) is 0 Å². The molecule has 0 amide bonds. The number of halogens is 1. The molecule has 2 aliphatic rings. The minimum absolute atomic E-state index is 0.0682. The van der Waals surface area contributed by atoms with E-state index in [0.29, 0.717) is 36.0 Å². The number of hydrogen-bond acceptors (Lipinski definition) is 7. The van der Waals surface area contributed by atoms with E-state index in [4.69, 9.17) is 35.4 Å². The van der Waals surface area contributed by atoms with Crippen LogP contribution < -0.4 is 24.3 Å². The third kappa shape index (κ3) is 4.36. The average molecular weight is 419 g/mol. The predicted octanol–water partition coefficient (Wildman–Crippen LogP) is 3.56. The Morgan fingerprint density at radius 2 is 1.90 bits per heavy atom. The van der Waals surface area contributed by atoms with E-state index in [0.717, 1.165) is 29.3 Å². The van der Waals surface area contributed by atoms with Crippen molar-refractivity contribution in [3.8, 4) is 23.0 Å². The zero-order valence-corrected chi connectivity index (χ0v) is 17.1. The fourth-order valence-electron chi connectivity index (χ4n) is 3.49. The van der Waals surface area contributed by atoms with Gasteiger partial charge in [0, 0.05) is 36.5 Å². The van der Waals surface area contributed by atoms with E-state index in [1.807, 2.05) is 30.3 Å². The molecule has 4 rings (SSSR count). The van der Waals surface area contributed by atoms with Crippen molar-refractivity contribution in [3.05, 3.63) is 46.5 Å². The van der Waals surface area contributed by atoms with Crippen LogP contribution in [0, 0.1) is 0 Å². The number of ether oxygens (including phenoxy) is 4. The van der Waals surface area contributed by atoms with Gasteiger partial charge in [-0.05, 0) is 23.8 Å². The van der Waals surface area contributed by atoms with Crippen molar-refractivity contribution in [2.45, 2.75) is 25.5 Å². The maximum absolute atomic E-state index is 5.92. The van der Waals surface area contributed by atoms with Crippen molar-refractivity contribution in [1.82, 2.24) is 5.32 Å². The van der Waals surface area contributed by atoms with Crippen LogP contribution in [0.5, 0.6) is 23.0 Å². The number of fused-ring (bicyclic) bond motifs is 1. The van der Waals surface area contributed by atoms with Gasteiger partial charge in [0.25, 0.3) is 0 Å². The third-order valence-electron chi connectivity index (χ3n) is 4.88. The number of rotatable bonds is 8. The highest BCUT2D eigenvalue weighted by atomic mass is 35.5. The van der Waals surface area contributed by atoms with Crippen LogP contribution in [0.1, 0.15) is 17.5 Å². The van der Waals surface area contributed by atoms with E-state index < -0.39 is 0 Å². The van der Waals surface area contributed by atoms with Crippen molar-refractivity contribution in [1.29, 1.82) is 0 Å². The maximum Gasteiger partial charge on any atom is 0.231 e. The van der Waals surface area contributed by atoms with Gasteiger partial charge in [0.2, 0.25) is 18.3 Å². The molecule has 2 aromatic carbocycles. The van der Waals surface area contributed by atoms with E-state index in [2.05, 4.69) is 10.5 Å². The van der Waals surface area contributed by atoms with E-state index >= 15 is 0 Å². The summed E-state index contributed by atoms with van der Waals surface area (Å²) in [7, 11) is 3.22. The normalized spacial score (nSPS) is 17.1. The average Bonchev–Trinajstić information content (AvgIpc) is 3.39. The quantitative estimate of drug-likeness (QED) is 0.706. The van der Waals surface area contributed by atoms with Crippen LogP contribution in [0.3, 0.4) is 0 Å². The second kappa shape index (κ2) is 8.80. The SMILES string of the molecule is COc1cc(CC2CC(CNCc3ccc(Cl)cc3)=NO2)c(OC)c2c1OCO2. The van der Waals surface area contributed by atoms with Crippen LogP contribution in [-0.2, 0) is 17.8 Å². The van der Waals surface area contributed by atoms with Crippen molar-refractivity contribution in [3.63, 3.8) is 0 Å². The lowest BCUT2D eigenvalue weighted by atomic mass is 10.0. The molecule has 1 atom stereocenters. The molecular weight excluding hydrogens is 396 g/mol. The molecule has 0 saturated carbocycles. The Bertz CT molecular complexity index is 901. The molecular formula is C21H23ClN2O5. The van der Waals surface area contributed by atoms with Crippen molar-refractivity contribution in [2.24, 2.45) is 5.16 Å². The van der Waals surface area contributed by atoms with Gasteiger partial charge in [0.05, 0.1) is 19.9 Å². The minimum atomic E-state index is -0.0682. The first-order valence-corrected chi connectivity index (χ1v) is 9.76. The summed E-state index contributed by atoms with van der Waals surface area (Å²) in [5.74, 6) is 2.42. The molecule has 0 spiro atoms. The van der Waals surface area contributed by atoms with Gasteiger partial charge in [-0.15, -0.1) is 0 Å². The highest BCUT2D eigenvalue weighted by molar-refractivity contribution is 6.30. The monoisotopic (exact) mass is 418 g/mol. The molecule has 2 heterocycles. The Balaban J connectivity index is 1.34. The molecule has 1 unspecified atom stereocenters. The first-order valence-electron chi connectivity index (χ1n) is 9.38. The Morgan fingerprint density at radius 1 is 1.10 bits per heavy atom. The summed E-state index contributed by atoms with van der Waals surface area (Å²) in [6, 6.07) is 9.69. The Hall–Kier alpha value is -2.64. The molecule has 2 aromatic rings. The molecule has 29 heavy (non-hydrogen) atoms. The first kappa shape index (κ1) is 19.7. The summed E-state index contributed by atoms with van der Waals surface area (Å²) < 4.78 is 22.1. The third-order valence-corrected chi connectivity index (χ3v) is 5.13. The fraction of sp³-hybridized carbons (Fsp3) is 0.381. The fourth-order valence-corrected chi connectivity index (χ4v) is 3.62. The van der Waals surface area contributed by atoms with Gasteiger partial charge in [-0.2, -0.15) is 0 Å². The standard InChI is InChI=1S/C21H23ClN2O5/c1-25-18-8-14(19(26-2)21-20(18)27-12-28-21)7-17-9-16(24-29-17)11-23-10-13-3-5-15(22)6-4-13/h3-6,8,17,23H,7,9-12H2,1-2H3. The number of benzene rings is 2. The van der Waals surface area contributed by atoms with E-state index in [1.54, 1.807) is 14.2 Å². The molecule has 1 N–H and O–H groups in total. The maximum atomic E-state index is 5.92.